The van der Waals surface area contributed by atoms with Crippen molar-refractivity contribution in [2.75, 3.05) is 6.54 Å². The van der Waals surface area contributed by atoms with E-state index in [2.05, 4.69) is 21.4 Å². The summed E-state index contributed by atoms with van der Waals surface area (Å²) in [5, 5.41) is 12.3. The SMILES string of the molecule is CC(C)C(C#N)CNCc1ccc2[nH]c(=O)[nH]c2c1. The van der Waals surface area contributed by atoms with Crippen LogP contribution in [0, 0.1) is 23.2 Å². The maximum Gasteiger partial charge on any atom is 0.323 e. The highest BCUT2D eigenvalue weighted by molar-refractivity contribution is 5.74. The summed E-state index contributed by atoms with van der Waals surface area (Å²) in [5.41, 5.74) is 2.52. The minimum absolute atomic E-state index is 0.0239. The lowest BCUT2D eigenvalue weighted by Gasteiger charge is -2.13. The minimum atomic E-state index is -0.190. The van der Waals surface area contributed by atoms with E-state index >= 15 is 0 Å². The summed E-state index contributed by atoms with van der Waals surface area (Å²) >= 11 is 0. The van der Waals surface area contributed by atoms with Crippen molar-refractivity contribution in [2.24, 2.45) is 11.8 Å². The van der Waals surface area contributed by atoms with Gasteiger partial charge in [-0.05, 0) is 23.6 Å². The number of benzene rings is 1. The molecule has 2 rings (SSSR count). The zero-order chi connectivity index (χ0) is 13.8. The highest BCUT2D eigenvalue weighted by Gasteiger charge is 2.11. The van der Waals surface area contributed by atoms with Gasteiger partial charge in [0.1, 0.15) is 0 Å². The van der Waals surface area contributed by atoms with E-state index in [1.807, 2.05) is 32.0 Å². The van der Waals surface area contributed by atoms with Gasteiger partial charge in [-0.15, -0.1) is 0 Å². The topological polar surface area (TPSA) is 84.5 Å². The van der Waals surface area contributed by atoms with Crippen LogP contribution in [-0.2, 0) is 6.54 Å². The van der Waals surface area contributed by atoms with Crippen LogP contribution in [0.4, 0.5) is 0 Å². The predicted octanol–water partition coefficient (Wildman–Crippen LogP) is 1.74. The van der Waals surface area contributed by atoms with Gasteiger partial charge in [-0.3, -0.25) is 0 Å². The highest BCUT2D eigenvalue weighted by atomic mass is 16.1. The minimum Gasteiger partial charge on any atom is -0.311 e. The second-order valence-corrected chi connectivity index (χ2v) is 5.07. The van der Waals surface area contributed by atoms with Gasteiger partial charge in [-0.2, -0.15) is 5.26 Å². The predicted molar refractivity (Wildman–Crippen MR) is 74.6 cm³/mol. The fourth-order valence-corrected chi connectivity index (χ4v) is 1.99. The number of aromatic nitrogens is 2. The van der Waals surface area contributed by atoms with E-state index in [0.717, 1.165) is 16.6 Å². The molecule has 5 nitrogen and oxygen atoms in total. The molecule has 1 aromatic heterocycles. The molecular formula is C14H18N4O. The van der Waals surface area contributed by atoms with Crippen LogP contribution in [0.1, 0.15) is 19.4 Å². The molecule has 0 saturated carbocycles. The van der Waals surface area contributed by atoms with Crippen molar-refractivity contribution in [3.05, 3.63) is 34.2 Å². The van der Waals surface area contributed by atoms with Crippen LogP contribution in [0.3, 0.4) is 0 Å². The van der Waals surface area contributed by atoms with E-state index in [0.29, 0.717) is 19.0 Å². The van der Waals surface area contributed by atoms with Crippen molar-refractivity contribution < 1.29 is 0 Å². The van der Waals surface area contributed by atoms with Gasteiger partial charge in [0.05, 0.1) is 23.0 Å². The monoisotopic (exact) mass is 258 g/mol. The van der Waals surface area contributed by atoms with E-state index < -0.39 is 0 Å². The van der Waals surface area contributed by atoms with E-state index in [1.165, 1.54) is 0 Å². The van der Waals surface area contributed by atoms with Crippen molar-refractivity contribution in [3.63, 3.8) is 0 Å². The number of aromatic amines is 2. The first-order valence-electron chi connectivity index (χ1n) is 6.41. The van der Waals surface area contributed by atoms with Crippen LogP contribution < -0.4 is 11.0 Å². The molecular weight excluding hydrogens is 240 g/mol. The summed E-state index contributed by atoms with van der Waals surface area (Å²) in [6.07, 6.45) is 0. The summed E-state index contributed by atoms with van der Waals surface area (Å²) in [6.45, 7) is 5.46. The Morgan fingerprint density at radius 3 is 2.74 bits per heavy atom. The molecule has 1 heterocycles. The van der Waals surface area contributed by atoms with Crippen molar-refractivity contribution in [2.45, 2.75) is 20.4 Å². The van der Waals surface area contributed by atoms with Crippen molar-refractivity contribution in [3.8, 4) is 6.07 Å². The normalized spacial score (nSPS) is 12.7. The molecule has 0 fully saturated rings. The fraction of sp³-hybridized carbons (Fsp3) is 0.429. The van der Waals surface area contributed by atoms with Crippen molar-refractivity contribution in [1.82, 2.24) is 15.3 Å². The summed E-state index contributed by atoms with van der Waals surface area (Å²) < 4.78 is 0. The van der Waals surface area contributed by atoms with Gasteiger partial charge in [-0.25, -0.2) is 4.79 Å². The number of H-pyrrole nitrogens is 2. The Morgan fingerprint density at radius 2 is 2.05 bits per heavy atom. The van der Waals surface area contributed by atoms with Crippen LogP contribution in [0.25, 0.3) is 11.0 Å². The summed E-state index contributed by atoms with van der Waals surface area (Å²) in [4.78, 5) is 16.6. The molecule has 0 aliphatic carbocycles. The third kappa shape index (κ3) is 3.24. The average molecular weight is 258 g/mol. The molecule has 1 atom stereocenters. The van der Waals surface area contributed by atoms with E-state index in [-0.39, 0.29) is 11.6 Å². The van der Waals surface area contributed by atoms with Gasteiger partial charge in [0.25, 0.3) is 0 Å². The smallest absolute Gasteiger partial charge is 0.311 e. The Kier molecular flexibility index (Phi) is 4.03. The van der Waals surface area contributed by atoms with Gasteiger partial charge >= 0.3 is 5.69 Å². The van der Waals surface area contributed by atoms with E-state index in [4.69, 9.17) is 5.26 Å². The fourth-order valence-electron chi connectivity index (χ4n) is 1.99. The number of nitriles is 1. The average Bonchev–Trinajstić information content (AvgIpc) is 2.73. The summed E-state index contributed by atoms with van der Waals surface area (Å²) in [6, 6.07) is 8.10. The molecule has 0 aliphatic heterocycles. The number of nitrogens with zero attached hydrogens (tertiary/aromatic N) is 1. The Hall–Kier alpha value is -2.06. The Bertz CT molecular complexity index is 647. The van der Waals surface area contributed by atoms with Gasteiger partial charge in [0.2, 0.25) is 0 Å². The van der Waals surface area contributed by atoms with Crippen molar-refractivity contribution >= 4 is 11.0 Å². The molecule has 0 spiro atoms. The van der Waals surface area contributed by atoms with Gasteiger partial charge in [0, 0.05) is 13.1 Å². The van der Waals surface area contributed by atoms with Gasteiger partial charge in [0.15, 0.2) is 0 Å². The van der Waals surface area contributed by atoms with E-state index in [1.54, 1.807) is 0 Å². The lowest BCUT2D eigenvalue weighted by molar-refractivity contribution is 0.442. The van der Waals surface area contributed by atoms with Gasteiger partial charge < -0.3 is 15.3 Å². The largest absolute Gasteiger partial charge is 0.323 e. The zero-order valence-corrected chi connectivity index (χ0v) is 11.2. The lowest BCUT2D eigenvalue weighted by Crippen LogP contribution is -2.24. The number of hydrogen-bond donors (Lipinski definition) is 3. The van der Waals surface area contributed by atoms with E-state index in [9.17, 15) is 4.79 Å². The second-order valence-electron chi connectivity index (χ2n) is 5.07. The molecule has 0 amide bonds. The standard InChI is InChI=1S/C14H18N4O/c1-9(2)11(6-15)8-16-7-10-3-4-12-13(5-10)18-14(19)17-12/h3-5,9,11,16H,7-8H2,1-2H3,(H2,17,18,19). The molecule has 3 N–H and O–H groups in total. The molecule has 1 unspecified atom stereocenters. The number of nitrogens with one attached hydrogen (secondary N) is 3. The number of hydrogen-bond acceptors (Lipinski definition) is 3. The highest BCUT2D eigenvalue weighted by Crippen LogP contribution is 2.11. The third-order valence-corrected chi connectivity index (χ3v) is 3.24. The number of rotatable bonds is 5. The second kappa shape index (κ2) is 5.72. The first-order valence-corrected chi connectivity index (χ1v) is 6.41. The van der Waals surface area contributed by atoms with Crippen LogP contribution in [0.2, 0.25) is 0 Å². The van der Waals surface area contributed by atoms with Crippen LogP contribution in [0.5, 0.6) is 0 Å². The maximum absolute atomic E-state index is 11.2. The quantitative estimate of drug-likeness (QED) is 0.763. The molecule has 100 valence electrons. The third-order valence-electron chi connectivity index (χ3n) is 3.24. The molecule has 1 aromatic carbocycles. The Morgan fingerprint density at radius 1 is 1.32 bits per heavy atom. The maximum atomic E-state index is 11.2. The summed E-state index contributed by atoms with van der Waals surface area (Å²) in [5.74, 6) is 0.372. The molecule has 0 aliphatic rings. The molecule has 5 heteroatoms. The van der Waals surface area contributed by atoms with Crippen LogP contribution in [0.15, 0.2) is 23.0 Å². The molecule has 0 saturated heterocycles. The molecule has 0 bridgehead atoms. The van der Waals surface area contributed by atoms with Crippen molar-refractivity contribution in [1.29, 1.82) is 5.26 Å². The molecule has 19 heavy (non-hydrogen) atoms. The lowest BCUT2D eigenvalue weighted by atomic mass is 9.97. The molecule has 2 aromatic rings. The van der Waals surface area contributed by atoms with Gasteiger partial charge in [-0.1, -0.05) is 19.9 Å². The number of fused-ring (bicyclic) bond motifs is 1. The molecule has 0 radical (unpaired) electrons. The Labute approximate surface area is 111 Å². The first-order chi connectivity index (χ1) is 9.10. The summed E-state index contributed by atoms with van der Waals surface area (Å²) in [7, 11) is 0. The first kappa shape index (κ1) is 13.4. The zero-order valence-electron chi connectivity index (χ0n) is 11.2. The Balaban J connectivity index is 1.98. The van der Waals surface area contributed by atoms with Crippen LogP contribution in [-0.4, -0.2) is 16.5 Å². The number of imidazole rings is 1. The van der Waals surface area contributed by atoms with Crippen LogP contribution >= 0.6 is 0 Å².